The second kappa shape index (κ2) is 8.91. The molecule has 3 aromatic rings. The van der Waals surface area contributed by atoms with E-state index in [2.05, 4.69) is 4.72 Å². The predicted octanol–water partition coefficient (Wildman–Crippen LogP) is 3.88. The van der Waals surface area contributed by atoms with E-state index >= 15 is 0 Å². The highest BCUT2D eigenvalue weighted by atomic mass is 32.2. The molecule has 0 aromatic heterocycles. The van der Waals surface area contributed by atoms with E-state index in [9.17, 15) is 21.2 Å². The maximum Gasteiger partial charge on any atom is 0.209 e. The van der Waals surface area contributed by atoms with Crippen molar-refractivity contribution in [3.8, 4) is 0 Å². The van der Waals surface area contributed by atoms with Gasteiger partial charge < -0.3 is 0 Å². The summed E-state index contributed by atoms with van der Waals surface area (Å²) in [5.74, 6) is -0.311. The van der Waals surface area contributed by atoms with Crippen molar-refractivity contribution in [3.05, 3.63) is 95.3 Å². The normalized spacial score (nSPS) is 12.3. The molecular formula is C22H20FNO4S2. The summed E-state index contributed by atoms with van der Waals surface area (Å²) in [6.45, 7) is -0.118. The van der Waals surface area contributed by atoms with Crippen molar-refractivity contribution in [2.45, 2.75) is 16.3 Å². The summed E-state index contributed by atoms with van der Waals surface area (Å²) >= 11 is 0. The van der Waals surface area contributed by atoms with E-state index in [1.807, 2.05) is 0 Å². The van der Waals surface area contributed by atoms with E-state index in [0.29, 0.717) is 5.56 Å². The van der Waals surface area contributed by atoms with Gasteiger partial charge in [0.1, 0.15) is 5.82 Å². The average molecular weight is 446 g/mol. The number of benzene rings is 3. The smallest absolute Gasteiger partial charge is 0.209 e. The SMILES string of the molecule is CS(=O)(=O)NCc1ccccc1S(=O)(=O)c1ccc(C=Cc2ccc(F)cc2)cc1. The van der Waals surface area contributed by atoms with Crippen LogP contribution in [0, 0.1) is 5.82 Å². The Hall–Kier alpha value is -2.81. The van der Waals surface area contributed by atoms with Crippen LogP contribution >= 0.6 is 0 Å². The Bertz CT molecular complexity index is 1270. The van der Waals surface area contributed by atoms with Gasteiger partial charge in [-0.3, -0.25) is 0 Å². The van der Waals surface area contributed by atoms with Crippen LogP contribution in [0.3, 0.4) is 0 Å². The third-order valence-corrected chi connectivity index (χ3v) is 6.85. The van der Waals surface area contributed by atoms with E-state index in [-0.39, 0.29) is 22.2 Å². The van der Waals surface area contributed by atoms with Gasteiger partial charge in [0.05, 0.1) is 16.0 Å². The Kier molecular flexibility index (Phi) is 6.50. The van der Waals surface area contributed by atoms with E-state index in [1.165, 1.54) is 30.3 Å². The highest BCUT2D eigenvalue weighted by Gasteiger charge is 2.21. The summed E-state index contributed by atoms with van der Waals surface area (Å²) in [5.41, 5.74) is 1.97. The van der Waals surface area contributed by atoms with E-state index < -0.39 is 19.9 Å². The van der Waals surface area contributed by atoms with Crippen LogP contribution in [0.15, 0.2) is 82.6 Å². The lowest BCUT2D eigenvalue weighted by Gasteiger charge is -2.11. The molecule has 0 fully saturated rings. The first-order chi connectivity index (χ1) is 14.1. The minimum atomic E-state index is -3.83. The molecule has 0 bridgehead atoms. The molecule has 3 aromatic carbocycles. The molecule has 0 heterocycles. The average Bonchev–Trinajstić information content (AvgIpc) is 2.72. The van der Waals surface area contributed by atoms with Crippen molar-refractivity contribution in [2.75, 3.05) is 6.26 Å². The lowest BCUT2D eigenvalue weighted by molar-refractivity contribution is 0.583. The maximum absolute atomic E-state index is 13.1. The zero-order valence-corrected chi connectivity index (χ0v) is 17.8. The first-order valence-corrected chi connectivity index (χ1v) is 12.3. The van der Waals surface area contributed by atoms with E-state index in [1.54, 1.807) is 54.6 Å². The van der Waals surface area contributed by atoms with Gasteiger partial charge in [0, 0.05) is 6.54 Å². The summed E-state index contributed by atoms with van der Waals surface area (Å²) in [6.07, 6.45) is 4.62. The predicted molar refractivity (Wildman–Crippen MR) is 115 cm³/mol. The molecule has 1 N–H and O–H groups in total. The fourth-order valence-corrected chi connectivity index (χ4v) is 4.68. The Morgan fingerprint density at radius 3 is 1.90 bits per heavy atom. The molecular weight excluding hydrogens is 425 g/mol. The van der Waals surface area contributed by atoms with Gasteiger partial charge in [-0.05, 0) is 47.0 Å². The fourth-order valence-electron chi connectivity index (χ4n) is 2.77. The van der Waals surface area contributed by atoms with Crippen LogP contribution in [0.25, 0.3) is 12.2 Å². The third kappa shape index (κ3) is 5.63. The Balaban J connectivity index is 1.84. The van der Waals surface area contributed by atoms with Crippen molar-refractivity contribution < 1.29 is 21.2 Å². The number of hydrogen-bond donors (Lipinski definition) is 1. The van der Waals surface area contributed by atoms with Crippen LogP contribution in [0.2, 0.25) is 0 Å². The van der Waals surface area contributed by atoms with Crippen molar-refractivity contribution in [2.24, 2.45) is 0 Å². The van der Waals surface area contributed by atoms with Crippen LogP contribution < -0.4 is 4.72 Å². The van der Waals surface area contributed by atoms with Crippen LogP contribution in [0.1, 0.15) is 16.7 Å². The summed E-state index contributed by atoms with van der Waals surface area (Å²) < 4.78 is 64.2. The summed E-state index contributed by atoms with van der Waals surface area (Å²) in [6, 6.07) is 18.6. The van der Waals surface area contributed by atoms with Gasteiger partial charge in [-0.1, -0.05) is 54.6 Å². The van der Waals surface area contributed by atoms with Crippen LogP contribution in [0.5, 0.6) is 0 Å². The van der Waals surface area contributed by atoms with Crippen molar-refractivity contribution in [3.63, 3.8) is 0 Å². The van der Waals surface area contributed by atoms with Crippen LogP contribution in [-0.4, -0.2) is 23.1 Å². The lowest BCUT2D eigenvalue weighted by atomic mass is 10.1. The molecule has 0 spiro atoms. The largest absolute Gasteiger partial charge is 0.219 e. The molecule has 3 rings (SSSR count). The molecule has 0 saturated carbocycles. The molecule has 156 valence electrons. The lowest BCUT2D eigenvalue weighted by Crippen LogP contribution is -2.22. The Morgan fingerprint density at radius 2 is 1.33 bits per heavy atom. The quantitative estimate of drug-likeness (QED) is 0.560. The molecule has 5 nitrogen and oxygen atoms in total. The number of sulfone groups is 1. The van der Waals surface area contributed by atoms with Crippen molar-refractivity contribution >= 4 is 32.0 Å². The summed E-state index contributed by atoms with van der Waals surface area (Å²) in [4.78, 5) is 0.156. The van der Waals surface area contributed by atoms with E-state index in [0.717, 1.165) is 17.4 Å². The van der Waals surface area contributed by atoms with Gasteiger partial charge in [0.25, 0.3) is 0 Å². The number of nitrogens with one attached hydrogen (secondary N) is 1. The highest BCUT2D eigenvalue weighted by molar-refractivity contribution is 7.91. The van der Waals surface area contributed by atoms with Gasteiger partial charge >= 0.3 is 0 Å². The maximum atomic E-state index is 13.1. The minimum absolute atomic E-state index is 0.0516. The van der Waals surface area contributed by atoms with Crippen LogP contribution in [0.4, 0.5) is 4.39 Å². The molecule has 0 atom stereocenters. The molecule has 30 heavy (non-hydrogen) atoms. The second-order valence-corrected chi connectivity index (χ2v) is 10.4. The number of sulfonamides is 1. The zero-order valence-electron chi connectivity index (χ0n) is 16.1. The summed E-state index contributed by atoms with van der Waals surface area (Å²) in [5, 5.41) is 0. The molecule has 0 unspecified atom stereocenters. The Morgan fingerprint density at radius 1 is 0.800 bits per heavy atom. The molecule has 8 heteroatoms. The first kappa shape index (κ1) is 21.9. The molecule has 0 aliphatic carbocycles. The van der Waals surface area contributed by atoms with Gasteiger partial charge in [-0.15, -0.1) is 0 Å². The third-order valence-electron chi connectivity index (χ3n) is 4.32. The van der Waals surface area contributed by atoms with Gasteiger partial charge in [0.15, 0.2) is 0 Å². The summed E-state index contributed by atoms with van der Waals surface area (Å²) in [7, 11) is -7.29. The van der Waals surface area contributed by atoms with Gasteiger partial charge in [-0.2, -0.15) is 0 Å². The van der Waals surface area contributed by atoms with E-state index in [4.69, 9.17) is 0 Å². The number of rotatable bonds is 7. The van der Waals surface area contributed by atoms with Crippen molar-refractivity contribution in [1.29, 1.82) is 0 Å². The zero-order chi connectivity index (χ0) is 21.8. The molecule has 0 amide bonds. The Labute approximate surface area is 175 Å². The standard InChI is InChI=1S/C22H20FNO4S2/c1-29(25,26)24-16-19-4-2-3-5-22(19)30(27,28)21-14-10-18(11-15-21)7-6-17-8-12-20(23)13-9-17/h2-15,24H,16H2,1H3. The monoisotopic (exact) mass is 445 g/mol. The van der Waals surface area contributed by atoms with Gasteiger partial charge in [0.2, 0.25) is 19.9 Å². The minimum Gasteiger partial charge on any atom is -0.219 e. The number of halogens is 1. The highest BCUT2D eigenvalue weighted by Crippen LogP contribution is 2.25. The van der Waals surface area contributed by atoms with Crippen molar-refractivity contribution in [1.82, 2.24) is 4.72 Å². The molecule has 0 saturated heterocycles. The topological polar surface area (TPSA) is 80.3 Å². The van der Waals surface area contributed by atoms with Crippen LogP contribution in [-0.2, 0) is 26.4 Å². The van der Waals surface area contributed by atoms with Gasteiger partial charge in [-0.25, -0.2) is 25.9 Å². The molecule has 0 aliphatic rings. The second-order valence-electron chi connectivity index (χ2n) is 6.66. The molecule has 0 aliphatic heterocycles. The molecule has 0 radical (unpaired) electrons. The fraction of sp³-hybridized carbons (Fsp3) is 0.0909. The first-order valence-electron chi connectivity index (χ1n) is 8.96. The number of hydrogen-bond acceptors (Lipinski definition) is 4.